The normalized spacial score (nSPS) is 33.3. The summed E-state index contributed by atoms with van der Waals surface area (Å²) in [6.45, 7) is 3.93. The van der Waals surface area contributed by atoms with Gasteiger partial charge < -0.3 is 49.4 Å². The summed E-state index contributed by atoms with van der Waals surface area (Å²) >= 11 is 0. The highest BCUT2D eigenvalue weighted by atomic mass is 32.3. The van der Waals surface area contributed by atoms with Crippen molar-refractivity contribution in [1.82, 2.24) is 0 Å². The molecule has 2 heterocycles. The summed E-state index contributed by atoms with van der Waals surface area (Å²) in [4.78, 5) is 0. The average molecular weight is 721 g/mol. The molecule has 0 aliphatic carbocycles. The first-order chi connectivity index (χ1) is 19.8. The summed E-state index contributed by atoms with van der Waals surface area (Å²) in [5.41, 5.74) is 0. The molecular formula is C21H42BO16PS4. The van der Waals surface area contributed by atoms with Gasteiger partial charge in [-0.3, -0.25) is 8.37 Å². The van der Waals surface area contributed by atoms with Crippen molar-refractivity contribution < 1.29 is 74.6 Å². The van der Waals surface area contributed by atoms with Gasteiger partial charge in [-0.1, -0.05) is 13.8 Å². The first-order valence-electron chi connectivity index (χ1n) is 13.1. The maximum atomic E-state index is 10.7. The van der Waals surface area contributed by atoms with Gasteiger partial charge in [-0.25, -0.2) is 16.8 Å². The topological polar surface area (TPSA) is 284 Å². The minimum Gasteiger partial charge on any atom is -0.726 e. The molecule has 22 heteroatoms. The second-order valence-electron chi connectivity index (χ2n) is 10.1. The standard InChI is InChI=1S/C12H24BO7PS2.C9H18O9S2/c1-4-12-8(2)11(19-21(3)13)7-22(12)6-9(15)10(5-14)20-23(16,17)18;10-1-7(18-20(15,16)17)5(12)3-19-4-6(13)9(14)8(19)2-11/h8-12,14-15H,4-7H2,1-3H3;5-14H,1-4H2/t8-,9+,10-,11+,12+,21?,22?;5-,6-,7+,8-,9+,19?/m01/s1. The van der Waals surface area contributed by atoms with Crippen LogP contribution in [0, 0.1) is 5.92 Å². The van der Waals surface area contributed by atoms with Crippen molar-refractivity contribution in [2.75, 3.05) is 49.5 Å². The Morgan fingerprint density at radius 2 is 1.35 bits per heavy atom. The second-order valence-corrected chi connectivity index (χ2v) is 18.1. The molecule has 16 nitrogen and oxygen atoms in total. The number of aliphatic hydroxyl groups excluding tert-OH is 7. The zero-order valence-electron chi connectivity index (χ0n) is 23.9. The lowest BCUT2D eigenvalue weighted by molar-refractivity contribution is 0.0105. The lowest BCUT2D eigenvalue weighted by Gasteiger charge is -2.23. The molecule has 0 aromatic carbocycles. The molecule has 2 fully saturated rings. The molecule has 2 rings (SSSR count). The van der Waals surface area contributed by atoms with Gasteiger partial charge in [0.15, 0.2) is 5.25 Å². The third kappa shape index (κ3) is 14.1. The molecule has 0 amide bonds. The van der Waals surface area contributed by atoms with Crippen molar-refractivity contribution in [1.29, 1.82) is 0 Å². The SMILES string of the molecule is O=S(=O)([O-])O[C@@H](CO)[C@H](O)C[S+]1C[C@@H](O)[C@H](O)[C@H]1CO.[B]P(C)O[C@@H]1C[S+](C[C@@H](O)[C@H](CO)OS(=O)(=O)[O-])[C@H](CC)[C@H]1C. The fraction of sp³-hybridized carbons (Fsp3) is 1.00. The number of aliphatic hydroxyl groups is 7. The Bertz CT molecular complexity index is 1030. The molecule has 0 bridgehead atoms. The Hall–Kier alpha value is 0.615. The van der Waals surface area contributed by atoms with E-state index >= 15 is 0 Å². The Balaban J connectivity index is 0.000000434. The van der Waals surface area contributed by atoms with Crippen LogP contribution in [0.2, 0.25) is 0 Å². The van der Waals surface area contributed by atoms with Gasteiger partial charge in [-0.15, -0.1) is 0 Å². The minimum atomic E-state index is -5.07. The maximum Gasteiger partial charge on any atom is 0.218 e. The highest BCUT2D eigenvalue weighted by Crippen LogP contribution is 2.39. The van der Waals surface area contributed by atoms with E-state index in [1.54, 1.807) is 0 Å². The van der Waals surface area contributed by atoms with Crippen molar-refractivity contribution in [3.8, 4) is 0 Å². The molecule has 3 unspecified atom stereocenters. The van der Waals surface area contributed by atoms with Gasteiger partial charge in [0.25, 0.3) is 0 Å². The van der Waals surface area contributed by atoms with Crippen LogP contribution in [0.1, 0.15) is 20.3 Å². The third-order valence-electron chi connectivity index (χ3n) is 6.92. The largest absolute Gasteiger partial charge is 0.726 e. The van der Waals surface area contributed by atoms with E-state index in [9.17, 15) is 46.4 Å². The van der Waals surface area contributed by atoms with Crippen LogP contribution in [0.3, 0.4) is 0 Å². The molecule has 0 saturated carbocycles. The number of rotatable bonds is 16. The van der Waals surface area contributed by atoms with E-state index in [4.69, 9.17) is 27.4 Å². The molecule has 2 saturated heterocycles. The smallest absolute Gasteiger partial charge is 0.218 e. The molecule has 254 valence electrons. The van der Waals surface area contributed by atoms with E-state index in [-0.39, 0.29) is 40.2 Å². The lowest BCUT2D eigenvalue weighted by atomic mass is 10.0. The maximum absolute atomic E-state index is 10.7. The predicted octanol–water partition coefficient (Wildman–Crippen LogP) is -4.37. The fourth-order valence-corrected chi connectivity index (χ4v) is 12.7. The zero-order valence-corrected chi connectivity index (χ0v) is 28.1. The quantitative estimate of drug-likeness (QED) is 0.0261. The minimum absolute atomic E-state index is 0.00771. The van der Waals surface area contributed by atoms with Crippen LogP contribution in [0.5, 0.6) is 0 Å². The van der Waals surface area contributed by atoms with Crippen molar-refractivity contribution in [2.45, 2.75) is 73.5 Å². The van der Waals surface area contributed by atoms with E-state index in [0.717, 1.165) is 12.2 Å². The molecule has 0 aromatic rings. The van der Waals surface area contributed by atoms with E-state index in [2.05, 4.69) is 22.2 Å². The highest BCUT2D eigenvalue weighted by molar-refractivity contribution is 7.98. The van der Waals surface area contributed by atoms with Crippen LogP contribution >= 0.6 is 8.03 Å². The van der Waals surface area contributed by atoms with Crippen LogP contribution in [0.25, 0.3) is 0 Å². The van der Waals surface area contributed by atoms with Crippen LogP contribution in [-0.4, -0.2) is 172 Å². The molecule has 7 N–H and O–H groups in total. The molecule has 43 heavy (non-hydrogen) atoms. The molecule has 0 spiro atoms. The molecular weight excluding hydrogens is 678 g/mol. The van der Waals surface area contributed by atoms with Crippen molar-refractivity contribution in [3.05, 3.63) is 0 Å². The third-order valence-corrected chi connectivity index (χ3v) is 14.5. The summed E-state index contributed by atoms with van der Waals surface area (Å²) in [6, 6.07) is 0. The summed E-state index contributed by atoms with van der Waals surface area (Å²) in [6.07, 6.45) is -7.02. The monoisotopic (exact) mass is 720 g/mol. The van der Waals surface area contributed by atoms with Crippen LogP contribution in [0.15, 0.2) is 0 Å². The lowest BCUT2D eigenvalue weighted by Crippen LogP contribution is -2.42. The van der Waals surface area contributed by atoms with Gasteiger partial charge in [0.2, 0.25) is 20.8 Å². The van der Waals surface area contributed by atoms with Gasteiger partial charge in [0.05, 0.1) is 19.8 Å². The summed E-state index contributed by atoms with van der Waals surface area (Å²) in [5.74, 6) is 1.28. The summed E-state index contributed by atoms with van der Waals surface area (Å²) in [7, 11) is -6.30. The van der Waals surface area contributed by atoms with Gasteiger partial charge >= 0.3 is 0 Å². The predicted molar refractivity (Wildman–Crippen MR) is 159 cm³/mol. The van der Waals surface area contributed by atoms with Crippen LogP contribution in [0.4, 0.5) is 0 Å². The highest BCUT2D eigenvalue weighted by Gasteiger charge is 2.51. The Labute approximate surface area is 260 Å². The Morgan fingerprint density at radius 1 is 0.907 bits per heavy atom. The van der Waals surface area contributed by atoms with E-state index in [1.165, 1.54) is 0 Å². The first kappa shape index (κ1) is 41.6. The van der Waals surface area contributed by atoms with E-state index in [1.807, 2.05) is 6.66 Å². The Kier molecular flexibility index (Phi) is 18.2. The van der Waals surface area contributed by atoms with Crippen molar-refractivity contribution in [3.63, 3.8) is 0 Å². The zero-order chi connectivity index (χ0) is 33.3. The van der Waals surface area contributed by atoms with Crippen molar-refractivity contribution >= 4 is 58.2 Å². The van der Waals surface area contributed by atoms with E-state index < -0.39 is 101 Å². The summed E-state index contributed by atoms with van der Waals surface area (Å²) in [5, 5.41) is 66.0. The van der Waals surface area contributed by atoms with E-state index in [0.29, 0.717) is 5.25 Å². The van der Waals surface area contributed by atoms with Gasteiger partial charge in [0.1, 0.15) is 78.6 Å². The summed E-state index contributed by atoms with van der Waals surface area (Å²) < 4.78 is 77.3. The number of hydrogen-bond donors (Lipinski definition) is 7. The van der Waals surface area contributed by atoms with Crippen molar-refractivity contribution in [2.24, 2.45) is 5.92 Å². The number of hydrogen-bond acceptors (Lipinski definition) is 16. The molecule has 2 aliphatic rings. The molecule has 2 aliphatic heterocycles. The fourth-order valence-electron chi connectivity index (χ4n) is 4.85. The van der Waals surface area contributed by atoms with Gasteiger partial charge in [0, 0.05) is 16.8 Å². The van der Waals surface area contributed by atoms with Gasteiger partial charge in [-0.05, 0) is 32.0 Å². The molecule has 13 atom stereocenters. The van der Waals surface area contributed by atoms with Gasteiger partial charge in [-0.2, -0.15) is 0 Å². The molecule has 0 aromatic heterocycles. The van der Waals surface area contributed by atoms with Crippen LogP contribution in [-0.2, 0) is 55.5 Å². The second kappa shape index (κ2) is 18.8. The van der Waals surface area contributed by atoms with Crippen LogP contribution < -0.4 is 0 Å². The average Bonchev–Trinajstić information content (AvgIpc) is 3.32. The first-order valence-corrected chi connectivity index (χ1v) is 20.8. The molecule has 2 radical (unpaired) electrons. The Morgan fingerprint density at radius 3 is 1.70 bits per heavy atom.